The van der Waals surface area contributed by atoms with Crippen molar-refractivity contribution >= 4 is 11.4 Å². The second-order valence-electron chi connectivity index (χ2n) is 6.60. The van der Waals surface area contributed by atoms with Crippen LogP contribution in [0.1, 0.15) is 89.5 Å². The summed E-state index contributed by atoms with van der Waals surface area (Å²) in [5, 5.41) is 0. The molecule has 1 aromatic rings. The van der Waals surface area contributed by atoms with Gasteiger partial charge in [-0.1, -0.05) is 77.6 Å². The Kier molecular flexibility index (Phi) is 10.6. The first-order valence-electron chi connectivity index (χ1n) is 9.38. The van der Waals surface area contributed by atoms with Crippen LogP contribution in [-0.4, -0.2) is 0 Å². The maximum Gasteiger partial charge on any atom is 0.0348 e. The normalized spacial score (nSPS) is 11.0. The second kappa shape index (κ2) is 12.4. The van der Waals surface area contributed by atoms with Gasteiger partial charge in [-0.3, -0.25) is 0 Å². The van der Waals surface area contributed by atoms with E-state index in [-0.39, 0.29) is 0 Å². The van der Waals surface area contributed by atoms with Crippen LogP contribution in [0.3, 0.4) is 0 Å². The fourth-order valence-corrected chi connectivity index (χ4v) is 3.00. The summed E-state index contributed by atoms with van der Waals surface area (Å²) in [6.07, 6.45) is 17.7. The maximum absolute atomic E-state index is 5.97. The van der Waals surface area contributed by atoms with Gasteiger partial charge in [-0.25, -0.2) is 0 Å². The van der Waals surface area contributed by atoms with E-state index in [1.54, 1.807) is 0 Å². The number of nitrogens with two attached hydrogens (primary N) is 2. The van der Waals surface area contributed by atoms with E-state index in [1.807, 2.05) is 18.2 Å². The van der Waals surface area contributed by atoms with Crippen molar-refractivity contribution in [2.75, 3.05) is 11.5 Å². The van der Waals surface area contributed by atoms with Gasteiger partial charge in [0.25, 0.3) is 0 Å². The molecule has 0 fully saturated rings. The van der Waals surface area contributed by atoms with Gasteiger partial charge in [0.15, 0.2) is 0 Å². The molecular formula is C20H36N2. The molecule has 0 unspecified atom stereocenters. The van der Waals surface area contributed by atoms with Crippen molar-refractivity contribution in [1.82, 2.24) is 0 Å². The highest BCUT2D eigenvalue weighted by Crippen LogP contribution is 2.19. The third kappa shape index (κ3) is 8.96. The van der Waals surface area contributed by atoms with Crippen molar-refractivity contribution in [3.8, 4) is 0 Å². The fraction of sp³-hybridized carbons (Fsp3) is 0.700. The molecule has 0 aromatic heterocycles. The van der Waals surface area contributed by atoms with Gasteiger partial charge in [0.2, 0.25) is 0 Å². The lowest BCUT2D eigenvalue weighted by Gasteiger charge is -2.07. The average molecular weight is 305 g/mol. The van der Waals surface area contributed by atoms with Crippen LogP contribution in [0, 0.1) is 0 Å². The number of aryl methyl sites for hydroxylation is 1. The molecule has 0 spiro atoms. The minimum atomic E-state index is 0.822. The summed E-state index contributed by atoms with van der Waals surface area (Å²) in [6.45, 7) is 2.28. The van der Waals surface area contributed by atoms with Gasteiger partial charge in [-0.2, -0.15) is 0 Å². The molecule has 0 radical (unpaired) electrons. The summed E-state index contributed by atoms with van der Waals surface area (Å²) in [5.41, 5.74) is 14.7. The van der Waals surface area contributed by atoms with E-state index < -0.39 is 0 Å². The molecule has 0 aliphatic heterocycles. The highest BCUT2D eigenvalue weighted by molar-refractivity contribution is 5.55. The molecule has 126 valence electrons. The van der Waals surface area contributed by atoms with E-state index in [0.717, 1.165) is 17.8 Å². The first kappa shape index (κ1) is 18.9. The van der Waals surface area contributed by atoms with Crippen molar-refractivity contribution in [3.63, 3.8) is 0 Å². The zero-order chi connectivity index (χ0) is 16.0. The SMILES string of the molecule is CCCCCCCCCCCCCCc1cc(N)ccc1N. The van der Waals surface area contributed by atoms with Gasteiger partial charge in [0.1, 0.15) is 0 Å². The predicted molar refractivity (Wildman–Crippen MR) is 100 cm³/mol. The van der Waals surface area contributed by atoms with E-state index >= 15 is 0 Å². The molecule has 0 atom stereocenters. The van der Waals surface area contributed by atoms with Crippen molar-refractivity contribution in [3.05, 3.63) is 23.8 Å². The molecule has 1 aromatic carbocycles. The summed E-state index contributed by atoms with van der Waals surface area (Å²) in [4.78, 5) is 0. The molecule has 0 heterocycles. The van der Waals surface area contributed by atoms with Crippen molar-refractivity contribution < 1.29 is 0 Å². The standard InChI is InChI=1S/C20H36N2/c1-2-3-4-5-6-7-8-9-10-11-12-13-14-18-17-19(21)15-16-20(18)22/h15-17H,2-14,21-22H2,1H3. The minimum absolute atomic E-state index is 0.822. The first-order chi connectivity index (χ1) is 10.7. The van der Waals surface area contributed by atoms with Crippen LogP contribution in [0.4, 0.5) is 11.4 Å². The first-order valence-corrected chi connectivity index (χ1v) is 9.38. The van der Waals surface area contributed by atoms with Gasteiger partial charge in [0, 0.05) is 11.4 Å². The highest BCUT2D eigenvalue weighted by Gasteiger charge is 2.00. The number of anilines is 2. The molecule has 2 heteroatoms. The third-order valence-electron chi connectivity index (χ3n) is 4.47. The summed E-state index contributed by atoms with van der Waals surface area (Å²) in [6, 6.07) is 5.82. The van der Waals surface area contributed by atoms with Crippen LogP contribution in [0.15, 0.2) is 18.2 Å². The van der Waals surface area contributed by atoms with Crippen LogP contribution >= 0.6 is 0 Å². The number of hydrogen-bond acceptors (Lipinski definition) is 2. The Hall–Kier alpha value is -1.18. The monoisotopic (exact) mass is 304 g/mol. The number of unbranched alkanes of at least 4 members (excludes halogenated alkanes) is 11. The van der Waals surface area contributed by atoms with E-state index in [0.29, 0.717) is 0 Å². The molecule has 0 saturated carbocycles. The number of hydrogen-bond donors (Lipinski definition) is 2. The van der Waals surface area contributed by atoms with Crippen LogP contribution in [0.2, 0.25) is 0 Å². The smallest absolute Gasteiger partial charge is 0.0348 e. The second-order valence-corrected chi connectivity index (χ2v) is 6.60. The molecule has 1 rings (SSSR count). The van der Waals surface area contributed by atoms with Gasteiger partial charge in [-0.15, -0.1) is 0 Å². The summed E-state index contributed by atoms with van der Waals surface area (Å²) in [7, 11) is 0. The van der Waals surface area contributed by atoms with E-state index in [1.165, 1.54) is 82.6 Å². The Morgan fingerprint density at radius 2 is 1.18 bits per heavy atom. The van der Waals surface area contributed by atoms with Crippen LogP contribution in [-0.2, 0) is 6.42 Å². The van der Waals surface area contributed by atoms with Gasteiger partial charge < -0.3 is 11.5 Å². The summed E-state index contributed by atoms with van der Waals surface area (Å²) in [5.74, 6) is 0. The summed E-state index contributed by atoms with van der Waals surface area (Å²) >= 11 is 0. The highest BCUT2D eigenvalue weighted by atomic mass is 14.6. The van der Waals surface area contributed by atoms with E-state index in [4.69, 9.17) is 11.5 Å². The molecule has 0 saturated heterocycles. The Bertz CT molecular complexity index is 387. The molecular weight excluding hydrogens is 268 g/mol. The third-order valence-corrected chi connectivity index (χ3v) is 4.47. The zero-order valence-electron chi connectivity index (χ0n) is 14.6. The van der Waals surface area contributed by atoms with Crippen LogP contribution in [0.5, 0.6) is 0 Å². The minimum Gasteiger partial charge on any atom is -0.399 e. The topological polar surface area (TPSA) is 52.0 Å². The predicted octanol–water partition coefficient (Wildman–Crippen LogP) is 6.09. The van der Waals surface area contributed by atoms with E-state index in [9.17, 15) is 0 Å². The summed E-state index contributed by atoms with van der Waals surface area (Å²) < 4.78 is 0. The molecule has 0 aliphatic rings. The van der Waals surface area contributed by atoms with Gasteiger partial charge in [-0.05, 0) is 36.6 Å². The van der Waals surface area contributed by atoms with Gasteiger partial charge >= 0.3 is 0 Å². The van der Waals surface area contributed by atoms with Crippen LogP contribution < -0.4 is 11.5 Å². The maximum atomic E-state index is 5.97. The fourth-order valence-electron chi connectivity index (χ4n) is 3.00. The van der Waals surface area contributed by atoms with Crippen LogP contribution in [0.25, 0.3) is 0 Å². The molecule has 22 heavy (non-hydrogen) atoms. The molecule has 2 nitrogen and oxygen atoms in total. The van der Waals surface area contributed by atoms with Crippen molar-refractivity contribution in [2.45, 2.75) is 90.4 Å². The number of rotatable bonds is 13. The molecule has 0 bridgehead atoms. The lowest BCUT2D eigenvalue weighted by molar-refractivity contribution is 0.544. The van der Waals surface area contributed by atoms with Crippen molar-refractivity contribution in [2.24, 2.45) is 0 Å². The Balaban J connectivity index is 1.90. The number of nitrogen functional groups attached to an aromatic ring is 2. The largest absolute Gasteiger partial charge is 0.399 e. The quantitative estimate of drug-likeness (QED) is 0.342. The van der Waals surface area contributed by atoms with Crippen molar-refractivity contribution in [1.29, 1.82) is 0 Å². The Labute approximate surface area is 137 Å². The molecule has 4 N–H and O–H groups in total. The average Bonchev–Trinajstić information content (AvgIpc) is 2.51. The zero-order valence-corrected chi connectivity index (χ0v) is 14.6. The molecule has 0 amide bonds. The van der Waals surface area contributed by atoms with Gasteiger partial charge in [0.05, 0.1) is 0 Å². The number of benzene rings is 1. The lowest BCUT2D eigenvalue weighted by atomic mass is 10.0. The lowest BCUT2D eigenvalue weighted by Crippen LogP contribution is -1.96. The van der Waals surface area contributed by atoms with E-state index in [2.05, 4.69) is 6.92 Å². The Morgan fingerprint density at radius 1 is 0.682 bits per heavy atom. The molecule has 0 aliphatic carbocycles. The Morgan fingerprint density at radius 3 is 1.73 bits per heavy atom.